The van der Waals surface area contributed by atoms with Crippen molar-refractivity contribution in [1.82, 2.24) is 4.90 Å². The number of fused-ring (bicyclic) bond motifs is 1. The zero-order chi connectivity index (χ0) is 16.4. The van der Waals surface area contributed by atoms with Crippen LogP contribution < -0.4 is 9.47 Å². The molecule has 0 amide bonds. The minimum Gasteiger partial charge on any atom is -0.493 e. The average molecular weight is 315 g/mol. The van der Waals surface area contributed by atoms with Crippen molar-refractivity contribution in [1.29, 1.82) is 0 Å². The number of hydrogen-bond donors (Lipinski definition) is 1. The summed E-state index contributed by atoms with van der Waals surface area (Å²) in [5.41, 5.74) is 1.36. The summed E-state index contributed by atoms with van der Waals surface area (Å²) >= 11 is 0. The molecule has 0 bridgehead atoms. The molecule has 0 radical (unpaired) electrons. The van der Waals surface area contributed by atoms with Crippen LogP contribution in [0.5, 0.6) is 11.5 Å². The summed E-state index contributed by atoms with van der Waals surface area (Å²) in [5, 5.41) is 10.1. The second kappa shape index (κ2) is 6.43. The lowest BCUT2D eigenvalue weighted by Crippen LogP contribution is -2.47. The number of aliphatic hydroxyl groups is 1. The lowest BCUT2D eigenvalue weighted by atomic mass is 9.65. The van der Waals surface area contributed by atoms with Gasteiger partial charge in [-0.3, -0.25) is 0 Å². The molecule has 0 aromatic heterocycles. The Morgan fingerprint density at radius 1 is 1.39 bits per heavy atom. The maximum absolute atomic E-state index is 10.1. The number of likely N-dealkylation sites (tertiary alicyclic amines) is 1. The maximum atomic E-state index is 10.1. The molecule has 1 saturated heterocycles. The molecule has 4 nitrogen and oxygen atoms in total. The fourth-order valence-electron chi connectivity index (χ4n) is 4.32. The topological polar surface area (TPSA) is 41.9 Å². The van der Waals surface area contributed by atoms with Crippen molar-refractivity contribution in [3.8, 4) is 23.8 Å². The van der Waals surface area contributed by atoms with E-state index < -0.39 is 0 Å². The standard InChI is InChI=1S/C19H25NO3/c1-4-11-23-17-12-14(5-6-16(17)22-3)19-8-7-15(21)13-18(19)20(2)10-9-19/h1,5-6,12,15,18,21H,7-11,13H2,2-3H3/t15-,18+,19+/m1/s1. The van der Waals surface area contributed by atoms with Crippen molar-refractivity contribution in [2.24, 2.45) is 0 Å². The van der Waals surface area contributed by atoms with E-state index in [4.69, 9.17) is 15.9 Å². The third-order valence-electron chi connectivity index (χ3n) is 5.55. The lowest BCUT2D eigenvalue weighted by Gasteiger charge is -2.43. The molecule has 23 heavy (non-hydrogen) atoms. The van der Waals surface area contributed by atoms with Crippen LogP contribution in [-0.4, -0.2) is 49.5 Å². The third-order valence-corrected chi connectivity index (χ3v) is 5.55. The van der Waals surface area contributed by atoms with Gasteiger partial charge in [-0.15, -0.1) is 6.42 Å². The molecule has 1 aromatic carbocycles. The van der Waals surface area contributed by atoms with E-state index in [1.165, 1.54) is 5.56 Å². The fraction of sp³-hybridized carbons (Fsp3) is 0.579. The van der Waals surface area contributed by atoms with Crippen LogP contribution in [0.1, 0.15) is 31.2 Å². The van der Waals surface area contributed by atoms with Crippen molar-refractivity contribution in [2.75, 3.05) is 27.3 Å². The molecule has 3 atom stereocenters. The second-order valence-corrected chi connectivity index (χ2v) is 6.69. The molecule has 4 heteroatoms. The van der Waals surface area contributed by atoms with Gasteiger partial charge < -0.3 is 19.5 Å². The number of likely N-dealkylation sites (N-methyl/N-ethyl adjacent to an activating group) is 1. The Balaban J connectivity index is 1.98. The molecular formula is C19H25NO3. The highest BCUT2D eigenvalue weighted by atomic mass is 16.5. The first-order chi connectivity index (χ1) is 11.1. The normalized spacial score (nSPS) is 30.5. The minimum absolute atomic E-state index is 0.0918. The molecule has 1 N–H and O–H groups in total. The van der Waals surface area contributed by atoms with E-state index in [0.29, 0.717) is 17.5 Å². The molecule has 1 heterocycles. The number of nitrogens with zero attached hydrogens (tertiary/aromatic N) is 1. The van der Waals surface area contributed by atoms with Crippen LogP contribution in [0.4, 0.5) is 0 Å². The van der Waals surface area contributed by atoms with Gasteiger partial charge >= 0.3 is 0 Å². The summed E-state index contributed by atoms with van der Waals surface area (Å²) in [6.45, 7) is 1.29. The molecule has 1 aliphatic heterocycles. The van der Waals surface area contributed by atoms with Gasteiger partial charge in [-0.05, 0) is 57.0 Å². The molecule has 2 aliphatic rings. The van der Waals surface area contributed by atoms with Gasteiger partial charge in [0.05, 0.1) is 13.2 Å². The van der Waals surface area contributed by atoms with E-state index in [2.05, 4.69) is 30.0 Å². The van der Waals surface area contributed by atoms with Gasteiger partial charge in [-0.25, -0.2) is 0 Å². The monoisotopic (exact) mass is 315 g/mol. The molecule has 1 saturated carbocycles. The van der Waals surface area contributed by atoms with Crippen LogP contribution >= 0.6 is 0 Å². The summed E-state index contributed by atoms with van der Waals surface area (Å²) in [5.74, 6) is 3.92. The van der Waals surface area contributed by atoms with Crippen molar-refractivity contribution >= 4 is 0 Å². The zero-order valence-corrected chi connectivity index (χ0v) is 13.9. The van der Waals surface area contributed by atoms with Gasteiger partial charge in [0.15, 0.2) is 11.5 Å². The van der Waals surface area contributed by atoms with E-state index in [-0.39, 0.29) is 18.1 Å². The van der Waals surface area contributed by atoms with E-state index in [1.807, 2.05) is 6.07 Å². The largest absolute Gasteiger partial charge is 0.493 e. The predicted molar refractivity (Wildman–Crippen MR) is 89.9 cm³/mol. The van der Waals surface area contributed by atoms with Gasteiger partial charge in [0.25, 0.3) is 0 Å². The molecule has 1 aromatic rings. The number of methoxy groups -OCH3 is 1. The smallest absolute Gasteiger partial charge is 0.162 e. The summed E-state index contributed by atoms with van der Waals surface area (Å²) in [4.78, 5) is 2.38. The van der Waals surface area contributed by atoms with Gasteiger partial charge in [0.2, 0.25) is 0 Å². The van der Waals surface area contributed by atoms with E-state index in [9.17, 15) is 5.11 Å². The Morgan fingerprint density at radius 2 is 2.22 bits per heavy atom. The Kier molecular flexibility index (Phi) is 4.52. The van der Waals surface area contributed by atoms with Crippen molar-refractivity contribution in [2.45, 2.75) is 43.2 Å². The molecule has 1 aliphatic carbocycles. The number of rotatable bonds is 4. The van der Waals surface area contributed by atoms with Crippen molar-refractivity contribution in [3.05, 3.63) is 23.8 Å². The van der Waals surface area contributed by atoms with Crippen molar-refractivity contribution in [3.63, 3.8) is 0 Å². The number of ether oxygens (including phenoxy) is 2. The molecular weight excluding hydrogens is 290 g/mol. The first-order valence-electron chi connectivity index (χ1n) is 8.24. The van der Waals surface area contributed by atoms with Gasteiger partial charge in [0, 0.05) is 11.5 Å². The van der Waals surface area contributed by atoms with Gasteiger partial charge in [-0.2, -0.15) is 0 Å². The molecule has 3 rings (SSSR count). The van der Waals surface area contributed by atoms with Gasteiger partial charge in [0.1, 0.15) is 6.61 Å². The summed E-state index contributed by atoms with van der Waals surface area (Å²) < 4.78 is 11.1. The number of aliphatic hydroxyl groups excluding tert-OH is 1. The summed E-state index contributed by atoms with van der Waals surface area (Å²) in [7, 11) is 3.79. The first-order valence-corrected chi connectivity index (χ1v) is 8.24. The fourth-order valence-corrected chi connectivity index (χ4v) is 4.32. The molecule has 0 spiro atoms. The van der Waals surface area contributed by atoms with E-state index in [1.54, 1.807) is 7.11 Å². The van der Waals surface area contributed by atoms with Crippen LogP contribution in [0.3, 0.4) is 0 Å². The highest BCUT2D eigenvalue weighted by Gasteiger charge is 2.50. The minimum atomic E-state index is -0.191. The highest BCUT2D eigenvalue weighted by Crippen LogP contribution is 2.49. The molecule has 124 valence electrons. The van der Waals surface area contributed by atoms with E-state index >= 15 is 0 Å². The van der Waals surface area contributed by atoms with Crippen LogP contribution in [0.2, 0.25) is 0 Å². The van der Waals surface area contributed by atoms with Crippen LogP contribution in [0.25, 0.3) is 0 Å². The number of benzene rings is 1. The SMILES string of the molecule is C#CCOc1cc([C@@]23CC[C@@H](O)C[C@@H]2N(C)CC3)ccc1OC. The Hall–Kier alpha value is -1.70. The second-order valence-electron chi connectivity index (χ2n) is 6.69. The van der Waals surface area contributed by atoms with Gasteiger partial charge in [-0.1, -0.05) is 12.0 Å². The van der Waals surface area contributed by atoms with Crippen LogP contribution in [-0.2, 0) is 5.41 Å². The van der Waals surface area contributed by atoms with Crippen LogP contribution in [0.15, 0.2) is 18.2 Å². The Labute approximate surface area is 138 Å². The lowest BCUT2D eigenvalue weighted by molar-refractivity contribution is 0.0566. The number of terminal acetylenes is 1. The maximum Gasteiger partial charge on any atom is 0.162 e. The number of hydrogen-bond acceptors (Lipinski definition) is 4. The van der Waals surface area contributed by atoms with E-state index in [0.717, 1.165) is 32.2 Å². The highest BCUT2D eigenvalue weighted by molar-refractivity contribution is 5.46. The first kappa shape index (κ1) is 16.2. The summed E-state index contributed by atoms with van der Waals surface area (Å²) in [6.07, 6.45) is 8.94. The third kappa shape index (κ3) is 2.80. The Bertz CT molecular complexity index is 609. The predicted octanol–water partition coefficient (Wildman–Crippen LogP) is 2.19. The molecule has 2 fully saturated rings. The Morgan fingerprint density at radius 3 is 2.96 bits per heavy atom. The zero-order valence-electron chi connectivity index (χ0n) is 13.9. The van der Waals surface area contributed by atoms with Crippen LogP contribution in [0, 0.1) is 12.3 Å². The summed E-state index contributed by atoms with van der Waals surface area (Å²) in [6, 6.07) is 6.57. The van der Waals surface area contributed by atoms with Crippen molar-refractivity contribution < 1.29 is 14.6 Å². The average Bonchev–Trinajstić information content (AvgIpc) is 2.90. The molecule has 0 unspecified atom stereocenters. The quantitative estimate of drug-likeness (QED) is 0.865.